The second-order valence-corrected chi connectivity index (χ2v) is 5.83. The Bertz CT molecular complexity index is 1060. The third kappa shape index (κ3) is 3.23. The van der Waals surface area contributed by atoms with Crippen molar-refractivity contribution in [3.63, 3.8) is 0 Å². The lowest BCUT2D eigenvalue weighted by molar-refractivity contribution is 0.100. The minimum atomic E-state index is -0.454. The molecule has 0 bridgehead atoms. The molecule has 3 N–H and O–H groups in total. The van der Waals surface area contributed by atoms with Gasteiger partial charge in [0.1, 0.15) is 12.1 Å². The van der Waals surface area contributed by atoms with E-state index in [9.17, 15) is 4.79 Å². The number of hydrogen-bond donors (Lipinski definition) is 2. The van der Waals surface area contributed by atoms with E-state index >= 15 is 0 Å². The standard InChI is InChI=1S/C19H16N6O/c20-18(26)14-6-8-15(9-7-14)23-17-11-16(10-13-4-2-1-3-5-13)25-19(24-17)21-12-22-25/h1-9,11-12H,10H2,(H2,20,26)(H,21,22,23,24). The largest absolute Gasteiger partial charge is 0.366 e. The van der Waals surface area contributed by atoms with Crippen LogP contribution in [0.1, 0.15) is 21.6 Å². The minimum Gasteiger partial charge on any atom is -0.366 e. The predicted molar refractivity (Wildman–Crippen MR) is 98.3 cm³/mol. The summed E-state index contributed by atoms with van der Waals surface area (Å²) in [5, 5.41) is 7.49. The van der Waals surface area contributed by atoms with Gasteiger partial charge in [0, 0.05) is 23.7 Å². The fourth-order valence-electron chi connectivity index (χ4n) is 2.73. The maximum absolute atomic E-state index is 11.2. The highest BCUT2D eigenvalue weighted by molar-refractivity contribution is 5.93. The van der Waals surface area contributed by atoms with E-state index in [1.54, 1.807) is 28.8 Å². The maximum atomic E-state index is 11.2. The molecular weight excluding hydrogens is 328 g/mol. The third-order valence-electron chi connectivity index (χ3n) is 4.00. The summed E-state index contributed by atoms with van der Waals surface area (Å²) >= 11 is 0. The first-order valence-electron chi connectivity index (χ1n) is 8.09. The minimum absolute atomic E-state index is 0.454. The lowest BCUT2D eigenvalue weighted by Crippen LogP contribution is -2.10. The normalized spacial score (nSPS) is 10.8. The van der Waals surface area contributed by atoms with E-state index in [-0.39, 0.29) is 0 Å². The molecule has 4 rings (SSSR count). The predicted octanol–water partition coefficient (Wildman–Crippen LogP) is 2.56. The highest BCUT2D eigenvalue weighted by Gasteiger charge is 2.09. The molecule has 0 fully saturated rings. The Balaban J connectivity index is 1.66. The number of nitrogens with two attached hydrogens (primary N) is 1. The van der Waals surface area contributed by atoms with E-state index in [2.05, 4.69) is 32.5 Å². The van der Waals surface area contributed by atoms with Crippen molar-refractivity contribution in [2.75, 3.05) is 5.32 Å². The molecule has 7 heteroatoms. The summed E-state index contributed by atoms with van der Waals surface area (Å²) in [5.74, 6) is 0.725. The molecule has 4 aromatic rings. The fraction of sp³-hybridized carbons (Fsp3) is 0.0526. The zero-order valence-corrected chi connectivity index (χ0v) is 13.8. The average molecular weight is 344 g/mol. The lowest BCUT2D eigenvalue weighted by atomic mass is 10.1. The van der Waals surface area contributed by atoms with Crippen molar-refractivity contribution < 1.29 is 4.79 Å². The fourth-order valence-corrected chi connectivity index (χ4v) is 2.73. The summed E-state index contributed by atoms with van der Waals surface area (Å²) in [5.41, 5.74) is 8.67. The number of aromatic nitrogens is 4. The quantitative estimate of drug-likeness (QED) is 0.580. The number of anilines is 2. The van der Waals surface area contributed by atoms with E-state index < -0.39 is 5.91 Å². The summed E-state index contributed by atoms with van der Waals surface area (Å²) < 4.78 is 1.73. The monoisotopic (exact) mass is 344 g/mol. The van der Waals surface area contributed by atoms with Crippen LogP contribution in [0.15, 0.2) is 67.0 Å². The van der Waals surface area contributed by atoms with Crippen LogP contribution in [0.25, 0.3) is 5.78 Å². The van der Waals surface area contributed by atoms with Gasteiger partial charge >= 0.3 is 0 Å². The number of hydrogen-bond acceptors (Lipinski definition) is 5. The summed E-state index contributed by atoms with van der Waals surface area (Å²) in [4.78, 5) is 19.9. The Hall–Kier alpha value is -3.74. The molecule has 0 spiro atoms. The molecule has 26 heavy (non-hydrogen) atoms. The number of nitrogens with zero attached hydrogens (tertiary/aromatic N) is 4. The van der Waals surface area contributed by atoms with Crippen LogP contribution in [0.3, 0.4) is 0 Å². The van der Waals surface area contributed by atoms with Crippen molar-refractivity contribution in [3.8, 4) is 0 Å². The van der Waals surface area contributed by atoms with Gasteiger partial charge in [-0.2, -0.15) is 15.1 Å². The van der Waals surface area contributed by atoms with Crippen LogP contribution in [-0.2, 0) is 6.42 Å². The Kier molecular flexibility index (Phi) is 4.03. The molecule has 0 atom stereocenters. The van der Waals surface area contributed by atoms with Crippen LogP contribution in [0, 0.1) is 0 Å². The van der Waals surface area contributed by atoms with Crippen LogP contribution in [0.5, 0.6) is 0 Å². The van der Waals surface area contributed by atoms with E-state index in [1.165, 1.54) is 11.9 Å². The number of carbonyl (C=O) groups excluding carboxylic acids is 1. The third-order valence-corrected chi connectivity index (χ3v) is 4.00. The van der Waals surface area contributed by atoms with Crippen LogP contribution in [-0.4, -0.2) is 25.5 Å². The first kappa shape index (κ1) is 15.8. The van der Waals surface area contributed by atoms with Gasteiger partial charge in [-0.3, -0.25) is 4.79 Å². The number of rotatable bonds is 5. The molecule has 7 nitrogen and oxygen atoms in total. The molecular formula is C19H16N6O. The molecule has 2 aromatic heterocycles. The van der Waals surface area contributed by atoms with Gasteiger partial charge < -0.3 is 11.1 Å². The van der Waals surface area contributed by atoms with Gasteiger partial charge in [0.2, 0.25) is 5.91 Å². The highest BCUT2D eigenvalue weighted by atomic mass is 16.1. The number of fused-ring (bicyclic) bond motifs is 1. The maximum Gasteiger partial charge on any atom is 0.254 e. The Morgan fingerprint density at radius 3 is 2.58 bits per heavy atom. The van der Waals surface area contributed by atoms with Crippen LogP contribution in [0.4, 0.5) is 11.5 Å². The first-order valence-corrected chi connectivity index (χ1v) is 8.09. The zero-order chi connectivity index (χ0) is 17.9. The number of carbonyl (C=O) groups is 1. The molecule has 0 aliphatic carbocycles. The Morgan fingerprint density at radius 1 is 1.08 bits per heavy atom. The van der Waals surface area contributed by atoms with Gasteiger partial charge in [-0.15, -0.1) is 0 Å². The van der Waals surface area contributed by atoms with E-state index in [0.717, 1.165) is 11.4 Å². The van der Waals surface area contributed by atoms with Crippen LogP contribution >= 0.6 is 0 Å². The van der Waals surface area contributed by atoms with Crippen LogP contribution in [0.2, 0.25) is 0 Å². The SMILES string of the molecule is NC(=O)c1ccc(Nc2cc(Cc3ccccc3)n3ncnc3n2)cc1. The Morgan fingerprint density at radius 2 is 1.85 bits per heavy atom. The van der Waals surface area contributed by atoms with Crippen molar-refractivity contribution in [3.05, 3.63) is 83.8 Å². The van der Waals surface area contributed by atoms with E-state index in [1.807, 2.05) is 24.3 Å². The summed E-state index contributed by atoms with van der Waals surface area (Å²) in [6.07, 6.45) is 2.20. The average Bonchev–Trinajstić information content (AvgIpc) is 3.12. The molecule has 0 aliphatic heterocycles. The van der Waals surface area contributed by atoms with Crippen molar-refractivity contribution in [1.82, 2.24) is 19.6 Å². The molecule has 0 aliphatic rings. The smallest absolute Gasteiger partial charge is 0.254 e. The Labute approximate surface area is 149 Å². The van der Waals surface area contributed by atoms with Gasteiger partial charge in [-0.25, -0.2) is 4.52 Å². The number of amides is 1. The lowest BCUT2D eigenvalue weighted by Gasteiger charge is -2.10. The summed E-state index contributed by atoms with van der Waals surface area (Å²) in [7, 11) is 0. The molecule has 1 amide bonds. The van der Waals surface area contributed by atoms with Crippen molar-refractivity contribution >= 4 is 23.2 Å². The molecule has 2 heterocycles. The molecule has 0 unspecified atom stereocenters. The number of benzene rings is 2. The molecule has 2 aromatic carbocycles. The molecule has 128 valence electrons. The first-order chi connectivity index (χ1) is 12.7. The number of nitrogens with one attached hydrogen (secondary N) is 1. The second kappa shape index (κ2) is 6.64. The number of primary amides is 1. The van der Waals surface area contributed by atoms with Gasteiger partial charge in [0.15, 0.2) is 0 Å². The second-order valence-electron chi connectivity index (χ2n) is 5.83. The van der Waals surface area contributed by atoms with Crippen molar-refractivity contribution in [2.45, 2.75) is 6.42 Å². The topological polar surface area (TPSA) is 98.2 Å². The van der Waals surface area contributed by atoms with Gasteiger partial charge in [0.05, 0.1) is 5.69 Å². The molecule has 0 radical (unpaired) electrons. The zero-order valence-electron chi connectivity index (χ0n) is 13.8. The molecule has 0 saturated carbocycles. The van der Waals surface area contributed by atoms with Crippen molar-refractivity contribution in [1.29, 1.82) is 0 Å². The van der Waals surface area contributed by atoms with Crippen LogP contribution < -0.4 is 11.1 Å². The van der Waals surface area contributed by atoms with Gasteiger partial charge in [-0.05, 0) is 29.8 Å². The van der Waals surface area contributed by atoms with Gasteiger partial charge in [-0.1, -0.05) is 30.3 Å². The van der Waals surface area contributed by atoms with E-state index in [0.29, 0.717) is 23.6 Å². The summed E-state index contributed by atoms with van der Waals surface area (Å²) in [6, 6.07) is 19.0. The highest BCUT2D eigenvalue weighted by Crippen LogP contribution is 2.19. The van der Waals surface area contributed by atoms with Crippen molar-refractivity contribution in [2.24, 2.45) is 5.73 Å². The summed E-state index contributed by atoms with van der Waals surface area (Å²) in [6.45, 7) is 0. The van der Waals surface area contributed by atoms with E-state index in [4.69, 9.17) is 5.73 Å². The molecule has 0 saturated heterocycles. The van der Waals surface area contributed by atoms with Gasteiger partial charge in [0.25, 0.3) is 5.78 Å².